The van der Waals surface area contributed by atoms with E-state index in [4.69, 9.17) is 0 Å². The van der Waals surface area contributed by atoms with Crippen molar-refractivity contribution in [2.45, 2.75) is 33.2 Å². The topological polar surface area (TPSA) is 55.6 Å². The van der Waals surface area contributed by atoms with Gasteiger partial charge in [0.05, 0.1) is 11.9 Å². The minimum atomic E-state index is 0.366. The number of rotatable bonds is 4. The summed E-state index contributed by atoms with van der Waals surface area (Å²) in [5.41, 5.74) is 0.952. The van der Waals surface area contributed by atoms with Crippen molar-refractivity contribution in [3.63, 3.8) is 0 Å². The molecule has 2 aromatic heterocycles. The van der Waals surface area contributed by atoms with Crippen LogP contribution in [0.2, 0.25) is 0 Å². The highest BCUT2D eigenvalue weighted by Gasteiger charge is 2.08. The van der Waals surface area contributed by atoms with Crippen LogP contribution in [0.5, 0.6) is 0 Å². The smallest absolute Gasteiger partial charge is 0.207 e. The maximum atomic E-state index is 4.40. The summed E-state index contributed by atoms with van der Waals surface area (Å²) in [6, 6.07) is 0. The van der Waals surface area contributed by atoms with Gasteiger partial charge in [-0.1, -0.05) is 13.8 Å². The lowest BCUT2D eigenvalue weighted by Crippen LogP contribution is -1.93. The Balaban J connectivity index is 2.08. The number of nitrogens with one attached hydrogen (secondary N) is 1. The molecule has 2 rings (SSSR count). The zero-order valence-corrected chi connectivity index (χ0v) is 10.5. The van der Waals surface area contributed by atoms with Crippen molar-refractivity contribution >= 4 is 22.4 Å². The van der Waals surface area contributed by atoms with Crippen LogP contribution in [0.3, 0.4) is 0 Å². The van der Waals surface area contributed by atoms with E-state index in [-0.39, 0.29) is 0 Å². The lowest BCUT2D eigenvalue weighted by Gasteiger charge is -1.97. The number of hydrogen-bond acceptors (Lipinski definition) is 5. The monoisotopic (exact) mass is 237 g/mol. The molecule has 0 saturated carbocycles. The molecule has 0 amide bonds. The molecule has 0 bridgehead atoms. The van der Waals surface area contributed by atoms with Crippen molar-refractivity contribution in [3.8, 4) is 0 Å². The molecule has 5 nitrogen and oxygen atoms in total. The number of aryl methyl sites for hydroxylation is 1. The Morgan fingerprint density at radius 3 is 2.88 bits per heavy atom. The van der Waals surface area contributed by atoms with Crippen molar-refractivity contribution in [3.05, 3.63) is 18.2 Å². The molecule has 0 atom stereocenters. The van der Waals surface area contributed by atoms with E-state index in [9.17, 15) is 0 Å². The molecule has 0 radical (unpaired) electrons. The van der Waals surface area contributed by atoms with Gasteiger partial charge in [-0.05, 0) is 6.92 Å². The average Bonchev–Trinajstić information content (AvgIpc) is 2.87. The Morgan fingerprint density at radius 2 is 2.31 bits per heavy atom. The van der Waals surface area contributed by atoms with E-state index in [0.29, 0.717) is 5.92 Å². The standard InChI is InChI=1S/C10H15N5S/c1-4-15-6-8(5-11-15)12-10-13-9(7(2)3)14-16-10/h5-7H,4H2,1-3H3,(H,12,13,14). The second-order valence-electron chi connectivity index (χ2n) is 3.82. The fourth-order valence-electron chi connectivity index (χ4n) is 1.24. The van der Waals surface area contributed by atoms with Crippen molar-refractivity contribution < 1.29 is 0 Å². The molecular weight excluding hydrogens is 222 g/mol. The quantitative estimate of drug-likeness (QED) is 0.888. The van der Waals surface area contributed by atoms with Gasteiger partial charge in [-0.25, -0.2) is 4.98 Å². The summed E-state index contributed by atoms with van der Waals surface area (Å²) >= 11 is 1.38. The molecular formula is C10H15N5S. The van der Waals surface area contributed by atoms with E-state index in [1.165, 1.54) is 11.5 Å². The van der Waals surface area contributed by atoms with E-state index in [1.54, 1.807) is 6.20 Å². The highest BCUT2D eigenvalue weighted by atomic mass is 32.1. The van der Waals surface area contributed by atoms with Crippen LogP contribution in [0.4, 0.5) is 10.8 Å². The Bertz CT molecular complexity index is 459. The Labute approximate surface area is 98.7 Å². The molecule has 2 aromatic rings. The van der Waals surface area contributed by atoms with Crippen LogP contribution in [0, 0.1) is 0 Å². The highest BCUT2D eigenvalue weighted by molar-refractivity contribution is 7.09. The molecule has 0 spiro atoms. The summed E-state index contributed by atoms with van der Waals surface area (Å²) in [5, 5.41) is 8.20. The average molecular weight is 237 g/mol. The van der Waals surface area contributed by atoms with E-state index >= 15 is 0 Å². The van der Waals surface area contributed by atoms with Crippen molar-refractivity contribution in [1.29, 1.82) is 0 Å². The van der Waals surface area contributed by atoms with Gasteiger partial charge in [0, 0.05) is 30.2 Å². The third-order valence-electron chi connectivity index (χ3n) is 2.17. The van der Waals surface area contributed by atoms with E-state index in [2.05, 4.69) is 40.5 Å². The fourth-order valence-corrected chi connectivity index (χ4v) is 1.97. The Kier molecular flexibility index (Phi) is 3.19. The number of hydrogen-bond donors (Lipinski definition) is 1. The number of aromatic nitrogens is 4. The van der Waals surface area contributed by atoms with Gasteiger partial charge < -0.3 is 5.32 Å². The van der Waals surface area contributed by atoms with Crippen molar-refractivity contribution in [2.24, 2.45) is 0 Å². The lowest BCUT2D eigenvalue weighted by molar-refractivity contribution is 0.660. The Hall–Kier alpha value is -1.43. The van der Waals surface area contributed by atoms with E-state index < -0.39 is 0 Å². The molecule has 86 valence electrons. The van der Waals surface area contributed by atoms with Crippen LogP contribution in [0.1, 0.15) is 32.5 Å². The molecule has 2 heterocycles. The first kappa shape index (κ1) is 11.1. The van der Waals surface area contributed by atoms with E-state index in [0.717, 1.165) is 23.2 Å². The van der Waals surface area contributed by atoms with Gasteiger partial charge in [0.15, 0.2) is 0 Å². The second-order valence-corrected chi connectivity index (χ2v) is 4.57. The minimum absolute atomic E-state index is 0.366. The van der Waals surface area contributed by atoms with Gasteiger partial charge in [-0.2, -0.15) is 9.47 Å². The number of nitrogens with zero attached hydrogens (tertiary/aromatic N) is 4. The summed E-state index contributed by atoms with van der Waals surface area (Å²) in [5.74, 6) is 1.25. The van der Waals surface area contributed by atoms with Gasteiger partial charge in [0.2, 0.25) is 5.13 Å². The van der Waals surface area contributed by atoms with Gasteiger partial charge in [-0.15, -0.1) is 0 Å². The first-order valence-electron chi connectivity index (χ1n) is 5.32. The molecule has 0 unspecified atom stereocenters. The highest BCUT2D eigenvalue weighted by Crippen LogP contribution is 2.21. The molecule has 6 heteroatoms. The van der Waals surface area contributed by atoms with Crippen LogP contribution in [0.15, 0.2) is 12.4 Å². The zero-order valence-electron chi connectivity index (χ0n) is 9.64. The molecule has 0 aromatic carbocycles. The molecule has 0 aliphatic carbocycles. The van der Waals surface area contributed by atoms with Crippen molar-refractivity contribution in [2.75, 3.05) is 5.32 Å². The molecule has 1 N–H and O–H groups in total. The fraction of sp³-hybridized carbons (Fsp3) is 0.500. The summed E-state index contributed by atoms with van der Waals surface area (Å²) < 4.78 is 6.15. The normalized spacial score (nSPS) is 11.0. The third-order valence-corrected chi connectivity index (χ3v) is 2.81. The molecule has 0 fully saturated rings. The molecule has 0 saturated heterocycles. The number of anilines is 2. The molecule has 0 aliphatic rings. The van der Waals surface area contributed by atoms with Gasteiger partial charge >= 0.3 is 0 Å². The predicted octanol–water partition coefficient (Wildman–Crippen LogP) is 2.62. The van der Waals surface area contributed by atoms with Gasteiger partial charge in [-0.3, -0.25) is 4.68 Å². The summed E-state index contributed by atoms with van der Waals surface area (Å²) in [4.78, 5) is 4.40. The third kappa shape index (κ3) is 2.38. The molecule has 16 heavy (non-hydrogen) atoms. The SMILES string of the molecule is CCn1cc(Nc2nc(C(C)C)ns2)cn1. The predicted molar refractivity (Wildman–Crippen MR) is 65.2 cm³/mol. The van der Waals surface area contributed by atoms with Crippen LogP contribution in [-0.2, 0) is 6.54 Å². The van der Waals surface area contributed by atoms with Crippen LogP contribution >= 0.6 is 11.5 Å². The zero-order chi connectivity index (χ0) is 11.5. The lowest BCUT2D eigenvalue weighted by atomic mass is 10.2. The minimum Gasteiger partial charge on any atom is -0.328 e. The van der Waals surface area contributed by atoms with Gasteiger partial charge in [0.25, 0.3) is 0 Å². The maximum Gasteiger partial charge on any atom is 0.207 e. The first-order valence-corrected chi connectivity index (χ1v) is 6.09. The molecule has 0 aliphatic heterocycles. The first-order chi connectivity index (χ1) is 7.69. The van der Waals surface area contributed by atoms with Crippen LogP contribution in [0.25, 0.3) is 0 Å². The summed E-state index contributed by atoms with van der Waals surface area (Å²) in [6.07, 6.45) is 3.75. The Morgan fingerprint density at radius 1 is 1.50 bits per heavy atom. The summed E-state index contributed by atoms with van der Waals surface area (Å²) in [6.45, 7) is 7.09. The van der Waals surface area contributed by atoms with E-state index in [1.807, 2.05) is 10.9 Å². The van der Waals surface area contributed by atoms with Crippen LogP contribution < -0.4 is 5.32 Å². The largest absolute Gasteiger partial charge is 0.328 e. The van der Waals surface area contributed by atoms with Crippen LogP contribution in [-0.4, -0.2) is 19.1 Å². The summed E-state index contributed by atoms with van der Waals surface area (Å²) in [7, 11) is 0. The maximum absolute atomic E-state index is 4.40. The second kappa shape index (κ2) is 4.61. The van der Waals surface area contributed by atoms with Gasteiger partial charge in [0.1, 0.15) is 5.82 Å². The van der Waals surface area contributed by atoms with Crippen molar-refractivity contribution in [1.82, 2.24) is 19.1 Å².